The van der Waals surface area contributed by atoms with E-state index in [1.165, 1.54) is 5.56 Å². The van der Waals surface area contributed by atoms with Gasteiger partial charge in [0.05, 0.1) is 35.7 Å². The molecule has 3 aromatic rings. The van der Waals surface area contributed by atoms with Crippen molar-refractivity contribution in [2.75, 3.05) is 44.3 Å². The summed E-state index contributed by atoms with van der Waals surface area (Å²) >= 11 is 0. The number of piperidine rings is 1. The lowest BCUT2D eigenvalue weighted by Crippen LogP contribution is -2.47. The van der Waals surface area contributed by atoms with Gasteiger partial charge in [0.2, 0.25) is 5.91 Å². The van der Waals surface area contributed by atoms with Crippen LogP contribution in [0.15, 0.2) is 24.3 Å². The molecule has 0 saturated carbocycles. The highest BCUT2D eigenvalue weighted by atomic mass is 16.5. The summed E-state index contributed by atoms with van der Waals surface area (Å²) in [5, 5.41) is 15.0. The summed E-state index contributed by atoms with van der Waals surface area (Å²) in [4.78, 5) is 17.1. The van der Waals surface area contributed by atoms with E-state index in [4.69, 9.17) is 9.84 Å². The van der Waals surface area contributed by atoms with Gasteiger partial charge in [0.1, 0.15) is 5.52 Å². The molecule has 4 heterocycles. The number of aromatic nitrogens is 4. The van der Waals surface area contributed by atoms with Crippen LogP contribution in [0.3, 0.4) is 0 Å². The fourth-order valence-electron chi connectivity index (χ4n) is 4.84. The Labute approximate surface area is 188 Å². The van der Waals surface area contributed by atoms with Gasteiger partial charge in [-0.1, -0.05) is 17.7 Å². The molecule has 2 aliphatic rings. The number of hydrogen-bond donors (Lipinski definition) is 0. The first-order chi connectivity index (χ1) is 15.5. The van der Waals surface area contributed by atoms with E-state index in [2.05, 4.69) is 53.2 Å². The number of anilines is 1. The van der Waals surface area contributed by atoms with Crippen molar-refractivity contribution in [1.29, 1.82) is 0 Å². The summed E-state index contributed by atoms with van der Waals surface area (Å²) < 4.78 is 7.37. The highest BCUT2D eigenvalue weighted by Crippen LogP contribution is 2.32. The molecule has 2 aliphatic heterocycles. The number of benzene rings is 1. The molecule has 168 valence electrons. The van der Waals surface area contributed by atoms with Gasteiger partial charge in [0, 0.05) is 32.1 Å². The SMILES string of the molecule is Cc1ccc(-n2nc3c(N4CCC(C(=O)N5CCOCC5)CC4)nnc(C)c3c2C)cc1. The van der Waals surface area contributed by atoms with Gasteiger partial charge in [0.15, 0.2) is 5.82 Å². The van der Waals surface area contributed by atoms with Crippen LogP contribution in [0.2, 0.25) is 0 Å². The topological polar surface area (TPSA) is 76.4 Å². The molecule has 0 bridgehead atoms. The molecule has 0 unspecified atom stereocenters. The van der Waals surface area contributed by atoms with E-state index in [-0.39, 0.29) is 11.8 Å². The van der Waals surface area contributed by atoms with Crippen LogP contribution >= 0.6 is 0 Å². The Morgan fingerprint density at radius 3 is 2.34 bits per heavy atom. The van der Waals surface area contributed by atoms with Gasteiger partial charge in [-0.2, -0.15) is 10.2 Å². The first-order valence-corrected chi connectivity index (χ1v) is 11.4. The molecule has 1 aromatic carbocycles. The molecule has 1 amide bonds. The van der Waals surface area contributed by atoms with Crippen molar-refractivity contribution in [1.82, 2.24) is 24.9 Å². The number of fused-ring (bicyclic) bond motifs is 1. The molecule has 0 aliphatic carbocycles. The van der Waals surface area contributed by atoms with Crippen molar-refractivity contribution in [2.24, 2.45) is 5.92 Å². The second-order valence-corrected chi connectivity index (χ2v) is 8.86. The maximum absolute atomic E-state index is 12.9. The second-order valence-electron chi connectivity index (χ2n) is 8.86. The normalized spacial score (nSPS) is 17.8. The first kappa shape index (κ1) is 20.9. The minimum Gasteiger partial charge on any atom is -0.378 e. The zero-order chi connectivity index (χ0) is 22.2. The van der Waals surface area contributed by atoms with Gasteiger partial charge in [-0.25, -0.2) is 4.68 Å². The maximum Gasteiger partial charge on any atom is 0.225 e. The summed E-state index contributed by atoms with van der Waals surface area (Å²) in [7, 11) is 0. The lowest BCUT2D eigenvalue weighted by Gasteiger charge is -2.35. The Kier molecular flexibility index (Phi) is 5.55. The Morgan fingerprint density at radius 1 is 0.969 bits per heavy atom. The molecule has 0 N–H and O–H groups in total. The van der Waals surface area contributed by atoms with Gasteiger partial charge >= 0.3 is 0 Å². The van der Waals surface area contributed by atoms with Crippen molar-refractivity contribution in [2.45, 2.75) is 33.6 Å². The third-order valence-electron chi connectivity index (χ3n) is 6.73. The average Bonchev–Trinajstić information content (AvgIpc) is 3.18. The van der Waals surface area contributed by atoms with Crippen LogP contribution in [0.1, 0.15) is 29.8 Å². The van der Waals surface area contributed by atoms with Gasteiger partial charge in [-0.3, -0.25) is 4.79 Å². The second kappa shape index (κ2) is 8.50. The summed E-state index contributed by atoms with van der Waals surface area (Å²) in [5.41, 5.74) is 5.09. The van der Waals surface area contributed by atoms with Crippen LogP contribution in [0.5, 0.6) is 0 Å². The Morgan fingerprint density at radius 2 is 1.66 bits per heavy atom. The van der Waals surface area contributed by atoms with Gasteiger partial charge in [0.25, 0.3) is 0 Å². The van der Waals surface area contributed by atoms with Crippen molar-refractivity contribution >= 4 is 22.6 Å². The molecule has 8 nitrogen and oxygen atoms in total. The van der Waals surface area contributed by atoms with Crippen LogP contribution in [0.25, 0.3) is 16.6 Å². The molecule has 5 rings (SSSR count). The van der Waals surface area contributed by atoms with Crippen LogP contribution in [-0.4, -0.2) is 70.2 Å². The number of aryl methyl sites for hydroxylation is 3. The minimum absolute atomic E-state index is 0.0742. The number of nitrogens with zero attached hydrogens (tertiary/aromatic N) is 6. The smallest absolute Gasteiger partial charge is 0.225 e. The van der Waals surface area contributed by atoms with Gasteiger partial charge < -0.3 is 14.5 Å². The minimum atomic E-state index is 0.0742. The largest absolute Gasteiger partial charge is 0.378 e. The molecule has 8 heteroatoms. The van der Waals surface area contributed by atoms with Crippen molar-refractivity contribution < 1.29 is 9.53 Å². The molecule has 0 spiro atoms. The van der Waals surface area contributed by atoms with E-state index >= 15 is 0 Å². The quantitative estimate of drug-likeness (QED) is 0.631. The number of hydrogen-bond acceptors (Lipinski definition) is 6. The van der Waals surface area contributed by atoms with E-state index in [0.717, 1.165) is 59.7 Å². The highest BCUT2D eigenvalue weighted by Gasteiger charge is 2.31. The Balaban J connectivity index is 1.40. The number of morpholine rings is 1. The number of rotatable bonds is 3. The highest BCUT2D eigenvalue weighted by molar-refractivity contribution is 5.92. The number of amides is 1. The Hall–Kier alpha value is -3.00. The number of carbonyl (C=O) groups is 1. The standard InChI is InChI=1S/C24H30N6O2/c1-16-4-6-20(7-5-16)30-18(3)21-17(2)25-26-23(22(21)27-30)28-10-8-19(9-11-28)24(31)29-12-14-32-15-13-29/h4-7,19H,8-15H2,1-3H3. The molecular weight excluding hydrogens is 404 g/mol. The van der Waals surface area contributed by atoms with Crippen LogP contribution in [-0.2, 0) is 9.53 Å². The van der Waals surface area contributed by atoms with E-state index < -0.39 is 0 Å². The molecule has 32 heavy (non-hydrogen) atoms. The van der Waals surface area contributed by atoms with E-state index in [1.807, 2.05) is 16.5 Å². The van der Waals surface area contributed by atoms with Gasteiger partial charge in [-0.05, 0) is 45.7 Å². The molecule has 0 radical (unpaired) electrons. The third-order valence-corrected chi connectivity index (χ3v) is 6.73. The molecule has 0 atom stereocenters. The summed E-state index contributed by atoms with van der Waals surface area (Å²) in [6.45, 7) is 10.4. The fourth-order valence-corrected chi connectivity index (χ4v) is 4.84. The number of carbonyl (C=O) groups excluding carboxylic acids is 1. The van der Waals surface area contributed by atoms with E-state index in [0.29, 0.717) is 26.3 Å². The van der Waals surface area contributed by atoms with Crippen LogP contribution in [0.4, 0.5) is 5.82 Å². The molecule has 2 fully saturated rings. The lowest BCUT2D eigenvalue weighted by molar-refractivity contribution is -0.140. The van der Waals surface area contributed by atoms with E-state index in [1.54, 1.807) is 0 Å². The zero-order valence-electron chi connectivity index (χ0n) is 19.0. The first-order valence-electron chi connectivity index (χ1n) is 11.4. The van der Waals surface area contributed by atoms with E-state index in [9.17, 15) is 4.79 Å². The fraction of sp³-hybridized carbons (Fsp3) is 0.500. The Bertz CT molecular complexity index is 1130. The van der Waals surface area contributed by atoms with Crippen LogP contribution < -0.4 is 4.90 Å². The lowest BCUT2D eigenvalue weighted by atomic mass is 9.95. The monoisotopic (exact) mass is 434 g/mol. The predicted molar refractivity (Wildman–Crippen MR) is 123 cm³/mol. The van der Waals surface area contributed by atoms with Gasteiger partial charge in [-0.15, -0.1) is 5.10 Å². The molecule has 2 aromatic heterocycles. The summed E-state index contributed by atoms with van der Waals surface area (Å²) in [6, 6.07) is 8.38. The summed E-state index contributed by atoms with van der Waals surface area (Å²) in [6.07, 6.45) is 1.65. The molecule has 2 saturated heterocycles. The van der Waals surface area contributed by atoms with Crippen molar-refractivity contribution in [3.63, 3.8) is 0 Å². The van der Waals surface area contributed by atoms with Crippen molar-refractivity contribution in [3.8, 4) is 5.69 Å². The third kappa shape index (κ3) is 3.72. The zero-order valence-corrected chi connectivity index (χ0v) is 19.0. The maximum atomic E-state index is 12.9. The van der Waals surface area contributed by atoms with Crippen molar-refractivity contribution in [3.05, 3.63) is 41.2 Å². The van der Waals surface area contributed by atoms with Crippen LogP contribution in [0, 0.1) is 26.7 Å². The summed E-state index contributed by atoms with van der Waals surface area (Å²) in [5.74, 6) is 1.16. The average molecular weight is 435 g/mol. The number of ether oxygens (including phenoxy) is 1. The predicted octanol–water partition coefficient (Wildman–Crippen LogP) is 2.82. The molecular formula is C24H30N6O2.